The minimum Gasteiger partial charge on any atom is -0.395 e. The van der Waals surface area contributed by atoms with E-state index in [9.17, 15) is 16.8 Å². The molecule has 0 aromatic heterocycles. The van der Waals surface area contributed by atoms with Gasteiger partial charge in [0, 0.05) is 23.3 Å². The molecule has 0 aliphatic carbocycles. The van der Waals surface area contributed by atoms with Crippen molar-refractivity contribution in [1.29, 1.82) is 0 Å². The van der Waals surface area contributed by atoms with Gasteiger partial charge in [-0.3, -0.25) is 4.72 Å². The Bertz CT molecular complexity index is 776. The number of anilines is 1. The number of halogens is 1. The molecule has 0 bridgehead atoms. The van der Waals surface area contributed by atoms with Gasteiger partial charge in [-0.05, 0) is 18.2 Å². The van der Waals surface area contributed by atoms with Gasteiger partial charge in [0.15, 0.2) is 14.9 Å². The Labute approximate surface area is 129 Å². The highest BCUT2D eigenvalue weighted by Gasteiger charge is 2.19. The highest BCUT2D eigenvalue weighted by molar-refractivity contribution is 8.08. The molecule has 0 aliphatic heterocycles. The molecule has 116 valence electrons. The fraction of sp³-hybridized carbons (Fsp3) is 0.333. The van der Waals surface area contributed by atoms with Gasteiger partial charge in [-0.1, -0.05) is 23.4 Å². The maximum atomic E-state index is 11.8. The third kappa shape index (κ3) is 6.82. The largest absolute Gasteiger partial charge is 0.395 e. The molecule has 0 radical (unpaired) electrons. The van der Waals surface area contributed by atoms with Crippen LogP contribution in [0.25, 0.3) is 0 Å². The lowest BCUT2D eigenvalue weighted by atomic mass is 10.2. The zero-order chi connectivity index (χ0) is 16.1. The third-order valence-electron chi connectivity index (χ3n) is 2.08. The third-order valence-corrected chi connectivity index (χ3v) is 5.80. The normalized spacial score (nSPS) is 11.6. The highest BCUT2D eigenvalue weighted by Crippen LogP contribution is 2.21. The van der Waals surface area contributed by atoms with E-state index >= 15 is 0 Å². The second kappa shape index (κ2) is 7.13. The van der Waals surface area contributed by atoms with Gasteiger partial charge in [0.2, 0.25) is 10.0 Å². The van der Waals surface area contributed by atoms with Crippen LogP contribution in [0.2, 0.25) is 5.02 Å². The van der Waals surface area contributed by atoms with Gasteiger partial charge in [-0.25, -0.2) is 16.8 Å². The summed E-state index contributed by atoms with van der Waals surface area (Å²) in [6.07, 6.45) is 1.06. The number of rotatable bonds is 5. The average molecular weight is 352 g/mol. The predicted octanol–water partition coefficient (Wildman–Crippen LogP) is 0.818. The fourth-order valence-corrected chi connectivity index (χ4v) is 4.57. The van der Waals surface area contributed by atoms with Gasteiger partial charge in [-0.2, -0.15) is 0 Å². The number of aliphatic hydroxyl groups is 1. The molecule has 0 heterocycles. The molecular formula is C12H14ClNO5S2. The van der Waals surface area contributed by atoms with Gasteiger partial charge in [0.05, 0.1) is 12.3 Å². The van der Waals surface area contributed by atoms with Gasteiger partial charge in [0.1, 0.15) is 0 Å². The molecule has 0 unspecified atom stereocenters. The van der Waals surface area contributed by atoms with Crippen molar-refractivity contribution in [2.75, 3.05) is 22.7 Å². The van der Waals surface area contributed by atoms with Gasteiger partial charge in [0.25, 0.3) is 0 Å². The van der Waals surface area contributed by atoms with E-state index in [-0.39, 0.29) is 23.7 Å². The molecule has 0 saturated heterocycles. The standard InChI is InChI=1S/C12H14ClNO5S2/c1-20(16,17)9-21(18,19)14-12-8-11(13)6-5-10(12)4-2-3-7-15/h5-6,8,14-15H,3,7,9H2,1H3. The van der Waals surface area contributed by atoms with E-state index in [4.69, 9.17) is 16.7 Å². The molecule has 0 fully saturated rings. The minimum atomic E-state index is -4.08. The first-order valence-corrected chi connectivity index (χ1v) is 9.79. The van der Waals surface area contributed by atoms with Crippen molar-refractivity contribution in [2.45, 2.75) is 6.42 Å². The second-order valence-corrected chi connectivity index (χ2v) is 8.89. The average Bonchev–Trinajstić information content (AvgIpc) is 2.28. The number of hydrogen-bond acceptors (Lipinski definition) is 5. The van der Waals surface area contributed by atoms with E-state index in [0.717, 1.165) is 6.26 Å². The molecule has 0 spiro atoms. The molecule has 9 heteroatoms. The van der Waals surface area contributed by atoms with Crippen LogP contribution in [0.4, 0.5) is 5.69 Å². The van der Waals surface area contributed by atoms with Crippen LogP contribution in [0.5, 0.6) is 0 Å². The van der Waals surface area contributed by atoms with Crippen LogP contribution < -0.4 is 4.72 Å². The quantitative estimate of drug-likeness (QED) is 0.765. The van der Waals surface area contributed by atoms with Gasteiger partial charge in [-0.15, -0.1) is 0 Å². The summed E-state index contributed by atoms with van der Waals surface area (Å²) < 4.78 is 47.9. The summed E-state index contributed by atoms with van der Waals surface area (Å²) in [7, 11) is -7.77. The van der Waals surface area contributed by atoms with Crippen LogP contribution in [-0.4, -0.2) is 39.9 Å². The molecule has 0 atom stereocenters. The molecule has 0 amide bonds. The number of benzene rings is 1. The van der Waals surface area contributed by atoms with Crippen molar-refractivity contribution in [3.63, 3.8) is 0 Å². The molecule has 0 saturated carbocycles. The van der Waals surface area contributed by atoms with Crippen molar-refractivity contribution in [3.05, 3.63) is 28.8 Å². The van der Waals surface area contributed by atoms with Gasteiger partial charge >= 0.3 is 0 Å². The van der Waals surface area contributed by atoms with Crippen LogP contribution in [0, 0.1) is 11.8 Å². The maximum absolute atomic E-state index is 11.8. The Kier molecular flexibility index (Phi) is 6.04. The van der Waals surface area contributed by atoms with E-state index in [1.165, 1.54) is 18.2 Å². The summed E-state index contributed by atoms with van der Waals surface area (Å²) in [5.41, 5.74) is 0.432. The fourth-order valence-electron chi connectivity index (χ4n) is 1.40. The van der Waals surface area contributed by atoms with E-state index in [1.54, 1.807) is 0 Å². The molecule has 2 N–H and O–H groups in total. The number of sulfone groups is 1. The van der Waals surface area contributed by atoms with Crippen LogP contribution in [0.3, 0.4) is 0 Å². The first-order chi connectivity index (χ1) is 9.63. The number of hydrogen-bond donors (Lipinski definition) is 2. The summed E-state index contributed by atoms with van der Waals surface area (Å²) in [6, 6.07) is 4.37. The van der Waals surface area contributed by atoms with Gasteiger partial charge < -0.3 is 5.11 Å². The summed E-state index contributed by atoms with van der Waals surface area (Å²) in [4.78, 5) is 0. The zero-order valence-corrected chi connectivity index (χ0v) is 13.5. The molecule has 1 aromatic carbocycles. The lowest BCUT2D eigenvalue weighted by molar-refractivity contribution is 0.305. The van der Waals surface area contributed by atoms with E-state index in [1.807, 2.05) is 0 Å². The summed E-state index contributed by atoms with van der Waals surface area (Å²) in [5.74, 6) is 5.33. The molecular weight excluding hydrogens is 338 g/mol. The Morgan fingerprint density at radius 2 is 1.95 bits per heavy atom. The van der Waals surface area contributed by atoms with Crippen LogP contribution in [-0.2, 0) is 19.9 Å². The molecule has 0 aliphatic rings. The van der Waals surface area contributed by atoms with Crippen molar-refractivity contribution in [3.8, 4) is 11.8 Å². The minimum absolute atomic E-state index is 0.0941. The smallest absolute Gasteiger partial charge is 0.247 e. The molecule has 21 heavy (non-hydrogen) atoms. The number of sulfonamides is 1. The maximum Gasteiger partial charge on any atom is 0.247 e. The molecule has 1 aromatic rings. The van der Waals surface area contributed by atoms with E-state index in [0.29, 0.717) is 5.56 Å². The van der Waals surface area contributed by atoms with Crippen LogP contribution in [0.15, 0.2) is 18.2 Å². The SMILES string of the molecule is CS(=O)(=O)CS(=O)(=O)Nc1cc(Cl)ccc1C#CCCO. The van der Waals surface area contributed by atoms with Crippen LogP contribution >= 0.6 is 11.6 Å². The second-order valence-electron chi connectivity index (χ2n) is 4.23. The monoisotopic (exact) mass is 351 g/mol. The first-order valence-electron chi connectivity index (χ1n) is 5.70. The van der Waals surface area contributed by atoms with E-state index in [2.05, 4.69) is 16.6 Å². The van der Waals surface area contributed by atoms with Crippen molar-refractivity contribution < 1.29 is 21.9 Å². The highest BCUT2D eigenvalue weighted by atomic mass is 35.5. The van der Waals surface area contributed by atoms with E-state index < -0.39 is 24.9 Å². The lowest BCUT2D eigenvalue weighted by Gasteiger charge is -2.09. The van der Waals surface area contributed by atoms with Crippen molar-refractivity contribution in [2.24, 2.45) is 0 Å². The Morgan fingerprint density at radius 3 is 2.52 bits per heavy atom. The lowest BCUT2D eigenvalue weighted by Crippen LogP contribution is -2.22. The zero-order valence-electron chi connectivity index (χ0n) is 11.1. The predicted molar refractivity (Wildman–Crippen MR) is 82.3 cm³/mol. The first kappa shape index (κ1) is 17.8. The molecule has 6 nitrogen and oxygen atoms in total. The Balaban J connectivity index is 3.13. The van der Waals surface area contributed by atoms with Crippen molar-refractivity contribution in [1.82, 2.24) is 0 Å². The van der Waals surface area contributed by atoms with Crippen molar-refractivity contribution >= 4 is 37.1 Å². The van der Waals surface area contributed by atoms with Crippen LogP contribution in [0.1, 0.15) is 12.0 Å². The number of aliphatic hydroxyl groups excluding tert-OH is 1. The summed E-state index contributed by atoms with van der Waals surface area (Å²) >= 11 is 5.80. The molecule has 1 rings (SSSR count). The Hall–Kier alpha value is -1.27. The Morgan fingerprint density at radius 1 is 1.29 bits per heavy atom. The summed E-state index contributed by atoms with van der Waals surface area (Å²) in [6.45, 7) is -0.115. The summed E-state index contributed by atoms with van der Waals surface area (Å²) in [5, 5.41) is 7.92. The topological polar surface area (TPSA) is 101 Å². The number of nitrogens with one attached hydrogen (secondary N) is 1.